The zero-order valence-electron chi connectivity index (χ0n) is 6.87. The summed E-state index contributed by atoms with van der Waals surface area (Å²) in [4.78, 5) is 11.0. The van der Waals surface area contributed by atoms with Gasteiger partial charge in [-0.2, -0.15) is 0 Å². The summed E-state index contributed by atoms with van der Waals surface area (Å²) < 4.78 is 4.89. The Balaban J connectivity index is 2.58. The van der Waals surface area contributed by atoms with Crippen LogP contribution in [-0.4, -0.2) is 22.1 Å². The highest BCUT2D eigenvalue weighted by Gasteiger charge is 2.10. The van der Waals surface area contributed by atoms with Gasteiger partial charge in [0.1, 0.15) is 0 Å². The Labute approximate surface area is 69.1 Å². The quantitative estimate of drug-likeness (QED) is 0.633. The maximum absolute atomic E-state index is 11.0. The van der Waals surface area contributed by atoms with Crippen molar-refractivity contribution in [1.82, 2.24) is 10.2 Å². The van der Waals surface area contributed by atoms with E-state index in [1.54, 1.807) is 13.8 Å². The molecule has 0 saturated heterocycles. The number of aromatic nitrogens is 2. The number of aryl methyl sites for hydroxylation is 1. The van der Waals surface area contributed by atoms with Gasteiger partial charge >= 0.3 is 6.01 Å². The van der Waals surface area contributed by atoms with Crippen molar-refractivity contribution in [1.29, 1.82) is 0 Å². The summed E-state index contributed by atoms with van der Waals surface area (Å²) in [5, 5.41) is 9.45. The highest BCUT2D eigenvalue weighted by Crippen LogP contribution is 2.03. The summed E-state index contributed by atoms with van der Waals surface area (Å²) >= 11 is 0. The minimum Gasteiger partial charge on any atom is -0.408 e. The third kappa shape index (κ3) is 2.03. The molecule has 0 aromatic carbocycles. The van der Waals surface area contributed by atoms with Gasteiger partial charge < -0.3 is 10.2 Å². The molecule has 1 unspecified atom stereocenters. The molecule has 6 nitrogen and oxygen atoms in total. The van der Waals surface area contributed by atoms with Crippen LogP contribution >= 0.6 is 0 Å². The average molecular weight is 170 g/mol. The van der Waals surface area contributed by atoms with E-state index >= 15 is 0 Å². The lowest BCUT2D eigenvalue weighted by atomic mass is 10.3. The van der Waals surface area contributed by atoms with Crippen LogP contribution in [0.2, 0.25) is 0 Å². The van der Waals surface area contributed by atoms with Crippen molar-refractivity contribution >= 4 is 11.9 Å². The Hall–Kier alpha value is -1.43. The molecule has 1 rings (SSSR count). The number of hydrogen-bond donors (Lipinski definition) is 2. The Kier molecular flexibility index (Phi) is 2.39. The molecule has 3 N–H and O–H groups in total. The zero-order chi connectivity index (χ0) is 9.14. The smallest absolute Gasteiger partial charge is 0.322 e. The molecular weight excluding hydrogens is 160 g/mol. The van der Waals surface area contributed by atoms with E-state index in [9.17, 15) is 4.79 Å². The highest BCUT2D eigenvalue weighted by molar-refractivity contribution is 5.92. The van der Waals surface area contributed by atoms with E-state index in [1.165, 1.54) is 0 Å². The molecule has 0 fully saturated rings. The van der Waals surface area contributed by atoms with Crippen LogP contribution in [0.3, 0.4) is 0 Å². The minimum atomic E-state index is -0.586. The second kappa shape index (κ2) is 3.31. The third-order valence-corrected chi connectivity index (χ3v) is 1.17. The standard InChI is InChI=1S/C6H10N4O2/c1-3(7)5(11)8-6-10-9-4(2)12-6/h3H,7H2,1-2H3,(H,8,10,11). The molecule has 0 bridgehead atoms. The molecule has 1 amide bonds. The molecule has 6 heteroatoms. The number of amides is 1. The first-order valence-corrected chi connectivity index (χ1v) is 3.46. The maximum atomic E-state index is 11.0. The SMILES string of the molecule is Cc1nnc(NC(=O)C(C)N)o1. The largest absolute Gasteiger partial charge is 0.408 e. The van der Waals surface area contributed by atoms with E-state index in [-0.39, 0.29) is 11.9 Å². The first-order valence-electron chi connectivity index (χ1n) is 3.46. The monoisotopic (exact) mass is 170 g/mol. The van der Waals surface area contributed by atoms with Crippen LogP contribution in [-0.2, 0) is 4.79 Å². The third-order valence-electron chi connectivity index (χ3n) is 1.17. The van der Waals surface area contributed by atoms with Gasteiger partial charge in [0.2, 0.25) is 11.8 Å². The van der Waals surface area contributed by atoms with Gasteiger partial charge in [-0.05, 0) is 6.92 Å². The summed E-state index contributed by atoms with van der Waals surface area (Å²) in [5.74, 6) is 0.0497. The van der Waals surface area contributed by atoms with Crippen LogP contribution < -0.4 is 11.1 Å². The van der Waals surface area contributed by atoms with Crippen molar-refractivity contribution in [2.24, 2.45) is 5.73 Å². The summed E-state index contributed by atoms with van der Waals surface area (Å²) in [5.41, 5.74) is 5.29. The van der Waals surface area contributed by atoms with E-state index in [0.717, 1.165) is 0 Å². The predicted octanol–water partition coefficient (Wildman–Crippen LogP) is -0.336. The average Bonchev–Trinajstić information content (AvgIpc) is 2.35. The highest BCUT2D eigenvalue weighted by atomic mass is 16.4. The van der Waals surface area contributed by atoms with E-state index in [4.69, 9.17) is 10.2 Å². The zero-order valence-corrected chi connectivity index (χ0v) is 6.87. The van der Waals surface area contributed by atoms with Gasteiger partial charge in [0.25, 0.3) is 0 Å². The van der Waals surface area contributed by atoms with Gasteiger partial charge in [-0.15, -0.1) is 5.10 Å². The van der Waals surface area contributed by atoms with Gasteiger partial charge in [-0.3, -0.25) is 10.1 Å². The van der Waals surface area contributed by atoms with Crippen LogP contribution in [0.15, 0.2) is 4.42 Å². The lowest BCUT2D eigenvalue weighted by Gasteiger charge is -2.01. The van der Waals surface area contributed by atoms with Gasteiger partial charge in [0.15, 0.2) is 0 Å². The lowest BCUT2D eigenvalue weighted by Crippen LogP contribution is -2.32. The fourth-order valence-electron chi connectivity index (χ4n) is 0.566. The molecule has 1 heterocycles. The van der Waals surface area contributed by atoms with Crippen molar-refractivity contribution in [2.75, 3.05) is 5.32 Å². The topological polar surface area (TPSA) is 94.0 Å². The summed E-state index contributed by atoms with van der Waals surface area (Å²) in [6, 6.07) is -0.507. The number of hydrogen-bond acceptors (Lipinski definition) is 5. The molecule has 0 aliphatic carbocycles. The Bertz CT molecular complexity index is 281. The molecule has 0 radical (unpaired) electrons. The Morgan fingerprint density at radius 1 is 1.67 bits per heavy atom. The first-order chi connectivity index (χ1) is 5.59. The summed E-state index contributed by atoms with van der Waals surface area (Å²) in [6.45, 7) is 3.20. The van der Waals surface area contributed by atoms with Crippen LogP contribution in [0.4, 0.5) is 6.01 Å². The molecule has 0 saturated carbocycles. The summed E-state index contributed by atoms with van der Waals surface area (Å²) in [7, 11) is 0. The Morgan fingerprint density at radius 2 is 2.33 bits per heavy atom. The Morgan fingerprint density at radius 3 is 2.75 bits per heavy atom. The van der Waals surface area contributed by atoms with Crippen LogP contribution in [0.1, 0.15) is 12.8 Å². The van der Waals surface area contributed by atoms with Crippen molar-refractivity contribution in [2.45, 2.75) is 19.9 Å². The molecule has 1 aromatic rings. The molecule has 12 heavy (non-hydrogen) atoms. The molecule has 66 valence electrons. The van der Waals surface area contributed by atoms with Gasteiger partial charge in [0.05, 0.1) is 6.04 Å². The van der Waals surface area contributed by atoms with E-state index in [2.05, 4.69) is 15.5 Å². The molecule has 0 spiro atoms. The molecule has 0 aliphatic heterocycles. The van der Waals surface area contributed by atoms with Crippen LogP contribution in [0.25, 0.3) is 0 Å². The van der Waals surface area contributed by atoms with Crippen molar-refractivity contribution < 1.29 is 9.21 Å². The minimum absolute atomic E-state index is 0.0785. The second-order valence-electron chi connectivity index (χ2n) is 2.40. The number of anilines is 1. The van der Waals surface area contributed by atoms with Crippen molar-refractivity contribution in [3.8, 4) is 0 Å². The van der Waals surface area contributed by atoms with Gasteiger partial charge in [-0.1, -0.05) is 5.10 Å². The van der Waals surface area contributed by atoms with Crippen molar-refractivity contribution in [3.63, 3.8) is 0 Å². The number of carbonyl (C=O) groups excluding carboxylic acids is 1. The van der Waals surface area contributed by atoms with Gasteiger partial charge in [-0.25, -0.2) is 0 Å². The number of nitrogens with one attached hydrogen (secondary N) is 1. The van der Waals surface area contributed by atoms with E-state index in [0.29, 0.717) is 5.89 Å². The number of nitrogens with two attached hydrogens (primary N) is 1. The molecule has 0 aliphatic rings. The molecular formula is C6H10N4O2. The predicted molar refractivity (Wildman–Crippen MR) is 41.3 cm³/mol. The van der Waals surface area contributed by atoms with E-state index < -0.39 is 6.04 Å². The summed E-state index contributed by atoms with van der Waals surface area (Å²) in [6.07, 6.45) is 0. The fourth-order valence-corrected chi connectivity index (χ4v) is 0.566. The normalized spacial score (nSPS) is 12.6. The van der Waals surface area contributed by atoms with Crippen molar-refractivity contribution in [3.05, 3.63) is 5.89 Å². The first kappa shape index (κ1) is 8.66. The maximum Gasteiger partial charge on any atom is 0.322 e. The lowest BCUT2D eigenvalue weighted by molar-refractivity contribution is -0.117. The number of rotatable bonds is 2. The van der Waals surface area contributed by atoms with E-state index in [1.807, 2.05) is 0 Å². The number of nitrogens with zero attached hydrogens (tertiary/aromatic N) is 2. The molecule has 1 aromatic heterocycles. The second-order valence-corrected chi connectivity index (χ2v) is 2.40. The number of carbonyl (C=O) groups is 1. The van der Waals surface area contributed by atoms with Crippen LogP contribution in [0, 0.1) is 6.92 Å². The fraction of sp³-hybridized carbons (Fsp3) is 0.500. The van der Waals surface area contributed by atoms with Gasteiger partial charge in [0, 0.05) is 6.92 Å². The van der Waals surface area contributed by atoms with Crippen LogP contribution in [0.5, 0.6) is 0 Å². The molecule has 1 atom stereocenters.